The fourth-order valence-corrected chi connectivity index (χ4v) is 6.32. The molecule has 50 heavy (non-hydrogen) atoms. The third kappa shape index (κ3) is 4.45. The van der Waals surface area contributed by atoms with Gasteiger partial charge in [0.05, 0.1) is 38.7 Å². The summed E-state index contributed by atoms with van der Waals surface area (Å²) >= 11 is 0. The summed E-state index contributed by atoms with van der Waals surface area (Å²) in [4.78, 5) is 13.9. The van der Waals surface area contributed by atoms with Crippen LogP contribution in [-0.2, 0) is 0 Å². The third-order valence-corrected chi connectivity index (χ3v) is 8.40. The lowest BCUT2D eigenvalue weighted by atomic mass is 9.97. The van der Waals surface area contributed by atoms with Crippen LogP contribution in [0.15, 0.2) is 174 Å². The lowest BCUT2D eigenvalue weighted by Crippen LogP contribution is -2.05. The topological polar surface area (TPSA) is 56.7 Å². The number of furan rings is 1. The van der Waals surface area contributed by atoms with Gasteiger partial charge in [0, 0.05) is 49.4 Å². The molecule has 0 unspecified atom stereocenters. The molecule has 234 valence electrons. The summed E-state index contributed by atoms with van der Waals surface area (Å²) in [5.41, 5.74) is 0.842. The van der Waals surface area contributed by atoms with E-state index >= 15 is 0 Å². The molecule has 0 N–H and O–H groups in total. The summed E-state index contributed by atoms with van der Waals surface area (Å²) in [6, 6.07) is 10.8. The monoisotopic (exact) mass is 656 g/mol. The summed E-state index contributed by atoms with van der Waals surface area (Å²) in [6.45, 7) is 0. The number of hydrogen-bond donors (Lipinski definition) is 0. The van der Waals surface area contributed by atoms with E-state index in [0.29, 0.717) is 22.3 Å². The first kappa shape index (κ1) is 16.5. The van der Waals surface area contributed by atoms with Gasteiger partial charge >= 0.3 is 0 Å². The van der Waals surface area contributed by atoms with Crippen LogP contribution in [0.1, 0.15) is 21.9 Å². The number of aromatic nitrogens is 4. The molecule has 0 aliphatic rings. The van der Waals surface area contributed by atoms with E-state index in [2.05, 4.69) is 4.98 Å². The molecule has 0 aliphatic heterocycles. The molecule has 0 amide bonds. The van der Waals surface area contributed by atoms with Crippen molar-refractivity contribution in [3.63, 3.8) is 0 Å². The van der Waals surface area contributed by atoms with Gasteiger partial charge in [-0.25, -0.2) is 15.0 Å². The largest absolute Gasteiger partial charge is 0.455 e. The molecule has 0 saturated carbocycles. The molecule has 0 aliphatic carbocycles. The SMILES string of the molecule is [2H]c1cc([2H])c2c(c1[2H])c1c([2H])c([2H])cc([2H])c1n2-c1c(-c2nc(-c3c([2H])c([2H])c([2H])c([2H])c3[2H])nc(-c3c([2H])c([2H])c([2H])c([2H])c3[2H])n2)cccc1-c1cccc2c1oc1ccccc12. The number of nitrogens with zero attached hydrogens (tertiary/aromatic N) is 4. The van der Waals surface area contributed by atoms with Crippen molar-refractivity contribution in [1.29, 1.82) is 0 Å². The molecule has 0 saturated heterocycles. The van der Waals surface area contributed by atoms with E-state index in [1.54, 1.807) is 30.3 Å². The van der Waals surface area contributed by atoms with Crippen molar-refractivity contribution in [2.75, 3.05) is 0 Å². The van der Waals surface area contributed by atoms with E-state index < -0.39 is 83.2 Å². The Hall–Kier alpha value is -6.85. The smallest absolute Gasteiger partial charge is 0.166 e. The van der Waals surface area contributed by atoms with E-state index in [-0.39, 0.29) is 75.1 Å². The standard InChI is InChI=1S/C45H28N4O/c1-3-15-29(16-4-1)43-46-44(30-17-5-2-6-18-30)48-45(47-43)37-25-13-22-34(36-24-14-23-35-33-21-9-12-28-40(33)50-42(35)36)41(37)49-38-26-10-7-19-31(38)32-20-8-11-27-39(32)49/h1-28H/i1D,2D,3D,4D,5D,6D,7D,8D,15D,16D,17D,18D,19D,20D,26D,27D. The van der Waals surface area contributed by atoms with E-state index in [9.17, 15) is 2.74 Å². The van der Waals surface area contributed by atoms with Crippen LogP contribution in [0, 0.1) is 0 Å². The number of rotatable bonds is 5. The Morgan fingerprint density at radius 1 is 0.440 bits per heavy atom. The molecule has 5 heteroatoms. The number of para-hydroxylation sites is 5. The molecule has 0 radical (unpaired) electrons. The van der Waals surface area contributed by atoms with Gasteiger partial charge in [-0.1, -0.05) is 145 Å². The zero-order chi connectivity index (χ0) is 46.9. The first-order valence-corrected chi connectivity index (χ1v) is 15.4. The van der Waals surface area contributed by atoms with Crippen LogP contribution in [-0.4, -0.2) is 19.5 Å². The summed E-state index contributed by atoms with van der Waals surface area (Å²) in [5.74, 6) is -1.39. The Morgan fingerprint density at radius 3 is 1.68 bits per heavy atom. The van der Waals surface area contributed by atoms with Crippen LogP contribution >= 0.6 is 0 Å². The lowest BCUT2D eigenvalue weighted by molar-refractivity contribution is 0.670. The molecule has 7 aromatic carbocycles. The highest BCUT2D eigenvalue weighted by atomic mass is 16.3. The molecular weight excluding hydrogens is 613 g/mol. The van der Waals surface area contributed by atoms with Gasteiger partial charge in [0.1, 0.15) is 11.2 Å². The quantitative estimate of drug-likeness (QED) is 0.185. The fraction of sp³-hybridized carbons (Fsp3) is 0. The van der Waals surface area contributed by atoms with Crippen LogP contribution < -0.4 is 0 Å². The first-order chi connectivity index (χ1) is 31.4. The average molecular weight is 657 g/mol. The van der Waals surface area contributed by atoms with Crippen molar-refractivity contribution >= 4 is 43.7 Å². The van der Waals surface area contributed by atoms with E-state index in [1.807, 2.05) is 24.3 Å². The highest BCUT2D eigenvalue weighted by Crippen LogP contribution is 2.44. The summed E-state index contributed by atoms with van der Waals surface area (Å²) in [6.07, 6.45) is 0. The normalized spacial score (nSPS) is 16.1. The Bertz CT molecular complexity index is 3590. The minimum atomic E-state index is -0.727. The van der Waals surface area contributed by atoms with Crippen LogP contribution in [0.4, 0.5) is 0 Å². The summed E-state index contributed by atoms with van der Waals surface area (Å²) in [7, 11) is 0. The van der Waals surface area contributed by atoms with Gasteiger partial charge in [0.15, 0.2) is 17.5 Å². The van der Waals surface area contributed by atoms with Gasteiger partial charge in [-0.15, -0.1) is 0 Å². The molecule has 5 nitrogen and oxygen atoms in total. The van der Waals surface area contributed by atoms with Crippen LogP contribution in [0.2, 0.25) is 0 Å². The van der Waals surface area contributed by atoms with Crippen molar-refractivity contribution in [3.05, 3.63) is 169 Å². The number of hydrogen-bond acceptors (Lipinski definition) is 4. The van der Waals surface area contributed by atoms with Crippen molar-refractivity contribution in [2.45, 2.75) is 0 Å². The van der Waals surface area contributed by atoms with Gasteiger partial charge in [0.2, 0.25) is 0 Å². The van der Waals surface area contributed by atoms with Crippen molar-refractivity contribution in [3.8, 4) is 51.0 Å². The zero-order valence-corrected chi connectivity index (χ0v) is 25.6. The molecule has 0 atom stereocenters. The van der Waals surface area contributed by atoms with E-state index in [4.69, 9.17) is 33.6 Å². The summed E-state index contributed by atoms with van der Waals surface area (Å²) < 4.78 is 148. The maximum absolute atomic E-state index is 9.34. The molecule has 0 fully saturated rings. The van der Waals surface area contributed by atoms with Crippen LogP contribution in [0.5, 0.6) is 0 Å². The van der Waals surface area contributed by atoms with Crippen LogP contribution in [0.3, 0.4) is 0 Å². The fourth-order valence-electron chi connectivity index (χ4n) is 6.32. The van der Waals surface area contributed by atoms with Crippen LogP contribution in [0.25, 0.3) is 94.7 Å². The van der Waals surface area contributed by atoms with Gasteiger partial charge in [0.25, 0.3) is 0 Å². The third-order valence-electron chi connectivity index (χ3n) is 8.40. The predicted molar refractivity (Wildman–Crippen MR) is 203 cm³/mol. The average Bonchev–Trinajstić information content (AvgIpc) is 3.87. The maximum Gasteiger partial charge on any atom is 0.166 e. The number of benzene rings is 7. The van der Waals surface area contributed by atoms with E-state index in [0.717, 1.165) is 22.9 Å². The van der Waals surface area contributed by atoms with Crippen molar-refractivity contribution in [1.82, 2.24) is 19.5 Å². The Morgan fingerprint density at radius 2 is 1.00 bits per heavy atom. The molecule has 10 aromatic rings. The molecule has 0 bridgehead atoms. The van der Waals surface area contributed by atoms with Gasteiger partial charge in [-0.3, -0.25) is 0 Å². The van der Waals surface area contributed by atoms with Crippen molar-refractivity contribution < 1.29 is 26.3 Å². The molecule has 3 aromatic heterocycles. The molecule has 10 rings (SSSR count). The number of fused-ring (bicyclic) bond motifs is 6. The minimum Gasteiger partial charge on any atom is -0.455 e. The van der Waals surface area contributed by atoms with Gasteiger partial charge in [-0.2, -0.15) is 0 Å². The zero-order valence-electron chi connectivity index (χ0n) is 41.6. The van der Waals surface area contributed by atoms with Crippen molar-refractivity contribution in [2.24, 2.45) is 0 Å². The second-order valence-corrected chi connectivity index (χ2v) is 11.2. The molecule has 0 spiro atoms. The summed E-state index contributed by atoms with van der Waals surface area (Å²) in [5, 5.41) is 1.38. The highest BCUT2D eigenvalue weighted by molar-refractivity contribution is 6.13. The Balaban J connectivity index is 1.44. The van der Waals surface area contributed by atoms with Gasteiger partial charge < -0.3 is 8.98 Å². The Kier molecular flexibility index (Phi) is 3.76. The van der Waals surface area contributed by atoms with E-state index in [1.165, 1.54) is 10.6 Å². The predicted octanol–water partition coefficient (Wildman–Crippen LogP) is 11.5. The second-order valence-electron chi connectivity index (χ2n) is 11.2. The molecule has 3 heterocycles. The molecular formula is C45H28N4O. The lowest BCUT2D eigenvalue weighted by Gasteiger charge is -2.19. The Labute approximate surface area is 310 Å². The second kappa shape index (κ2) is 11.4. The maximum atomic E-state index is 9.34. The first-order valence-electron chi connectivity index (χ1n) is 23.4. The highest BCUT2D eigenvalue weighted by Gasteiger charge is 2.24. The van der Waals surface area contributed by atoms with Gasteiger partial charge in [-0.05, 0) is 24.2 Å². The minimum absolute atomic E-state index is 0.0326.